The predicted octanol–water partition coefficient (Wildman–Crippen LogP) is 1.78. The molecule has 0 saturated carbocycles. The average molecular weight is 212 g/mol. The molecule has 4 nitrogen and oxygen atoms in total. The van der Waals surface area contributed by atoms with E-state index in [-0.39, 0.29) is 5.91 Å². The zero-order valence-corrected chi connectivity index (χ0v) is 8.60. The van der Waals surface area contributed by atoms with E-state index in [0.29, 0.717) is 5.71 Å². The fraction of sp³-hybridized carbons (Fsp3) is 0.0833. The maximum atomic E-state index is 11.5. The van der Waals surface area contributed by atoms with E-state index < -0.39 is 0 Å². The molecule has 0 bridgehead atoms. The quantitative estimate of drug-likeness (QED) is 0.712. The van der Waals surface area contributed by atoms with Crippen LogP contribution in [0.4, 0.5) is 5.69 Å². The van der Waals surface area contributed by atoms with Crippen LogP contribution in [-0.4, -0.2) is 24.9 Å². The van der Waals surface area contributed by atoms with Gasteiger partial charge in [0.1, 0.15) is 11.5 Å². The molecule has 0 N–H and O–H groups in total. The number of nitrogens with zero attached hydrogens (tertiary/aromatic N) is 2. The van der Waals surface area contributed by atoms with Gasteiger partial charge in [-0.2, -0.15) is 0 Å². The van der Waals surface area contributed by atoms with Crippen LogP contribution in [-0.2, 0) is 4.79 Å². The van der Waals surface area contributed by atoms with Gasteiger partial charge in [0, 0.05) is 11.8 Å². The van der Waals surface area contributed by atoms with Crippen LogP contribution in [0.1, 0.15) is 5.56 Å². The predicted molar refractivity (Wildman–Crippen MR) is 61.6 cm³/mol. The summed E-state index contributed by atoms with van der Waals surface area (Å²) >= 11 is 0. The van der Waals surface area contributed by atoms with Crippen molar-refractivity contribution in [3.8, 4) is 5.75 Å². The van der Waals surface area contributed by atoms with Crippen molar-refractivity contribution in [1.29, 1.82) is 0 Å². The van der Waals surface area contributed by atoms with Crippen molar-refractivity contribution in [2.45, 2.75) is 0 Å². The van der Waals surface area contributed by atoms with Crippen LogP contribution in [0, 0.1) is 0 Å². The monoisotopic (exact) mass is 212 g/mol. The lowest BCUT2D eigenvalue weighted by atomic mass is 10.00. The molecular weight excluding hydrogens is 204 g/mol. The van der Waals surface area contributed by atoms with E-state index in [2.05, 4.69) is 9.98 Å². The SMILES string of the molecule is COc1cccc2c1C1=CC=NC(=O)C1=N2. The van der Waals surface area contributed by atoms with Gasteiger partial charge in [0.05, 0.1) is 18.4 Å². The van der Waals surface area contributed by atoms with Crippen LogP contribution in [0.25, 0.3) is 5.57 Å². The fourth-order valence-electron chi connectivity index (χ4n) is 1.92. The summed E-state index contributed by atoms with van der Waals surface area (Å²) in [7, 11) is 1.60. The van der Waals surface area contributed by atoms with Crippen molar-refractivity contribution in [1.82, 2.24) is 0 Å². The summed E-state index contributed by atoms with van der Waals surface area (Å²) in [5, 5.41) is 0. The van der Waals surface area contributed by atoms with Gasteiger partial charge in [0.15, 0.2) is 0 Å². The molecule has 0 aromatic heterocycles. The topological polar surface area (TPSA) is 51.0 Å². The Labute approximate surface area is 92.0 Å². The molecule has 2 aliphatic rings. The Hall–Kier alpha value is -2.23. The molecule has 78 valence electrons. The molecule has 0 radical (unpaired) electrons. The number of allylic oxidation sites excluding steroid dienone is 1. The highest BCUT2D eigenvalue weighted by atomic mass is 16.5. The van der Waals surface area contributed by atoms with Crippen molar-refractivity contribution in [2.24, 2.45) is 9.98 Å². The minimum Gasteiger partial charge on any atom is -0.496 e. The lowest BCUT2D eigenvalue weighted by molar-refractivity contribution is -0.111. The first-order valence-electron chi connectivity index (χ1n) is 4.86. The van der Waals surface area contributed by atoms with E-state index in [1.807, 2.05) is 18.2 Å². The van der Waals surface area contributed by atoms with Crippen molar-refractivity contribution in [3.05, 3.63) is 29.8 Å². The maximum Gasteiger partial charge on any atom is 0.296 e. The summed E-state index contributed by atoms with van der Waals surface area (Å²) in [6, 6.07) is 5.57. The van der Waals surface area contributed by atoms with Crippen LogP contribution < -0.4 is 4.74 Å². The summed E-state index contributed by atoms with van der Waals surface area (Å²) in [6.07, 6.45) is 3.28. The third-order valence-corrected chi connectivity index (χ3v) is 2.62. The van der Waals surface area contributed by atoms with Crippen LogP contribution >= 0.6 is 0 Å². The number of hydrogen-bond acceptors (Lipinski definition) is 3. The van der Waals surface area contributed by atoms with E-state index >= 15 is 0 Å². The number of dihydropyridines is 1. The van der Waals surface area contributed by atoms with Crippen molar-refractivity contribution >= 4 is 29.1 Å². The van der Waals surface area contributed by atoms with E-state index in [1.165, 1.54) is 6.21 Å². The number of carbonyl (C=O) groups is 1. The molecule has 1 aromatic carbocycles. The molecule has 0 spiro atoms. The highest BCUT2D eigenvalue weighted by Crippen LogP contribution is 2.41. The Balaban J connectivity index is 2.27. The van der Waals surface area contributed by atoms with Crippen LogP contribution in [0.5, 0.6) is 5.75 Å². The number of aliphatic imine (C=N–C) groups is 2. The Morgan fingerprint density at radius 3 is 3.00 bits per heavy atom. The van der Waals surface area contributed by atoms with Crippen molar-refractivity contribution in [3.63, 3.8) is 0 Å². The second kappa shape index (κ2) is 3.13. The van der Waals surface area contributed by atoms with Gasteiger partial charge >= 0.3 is 0 Å². The first-order chi connectivity index (χ1) is 7.81. The van der Waals surface area contributed by atoms with Gasteiger partial charge < -0.3 is 4.74 Å². The van der Waals surface area contributed by atoms with Crippen LogP contribution in [0.15, 0.2) is 34.3 Å². The Morgan fingerprint density at radius 2 is 2.19 bits per heavy atom. The minimum absolute atomic E-state index is 0.296. The molecule has 0 saturated heterocycles. The normalized spacial score (nSPS) is 16.4. The van der Waals surface area contributed by atoms with Gasteiger partial charge in [-0.1, -0.05) is 6.07 Å². The van der Waals surface area contributed by atoms with Crippen molar-refractivity contribution < 1.29 is 9.53 Å². The number of amides is 1. The number of methoxy groups -OCH3 is 1. The fourth-order valence-corrected chi connectivity index (χ4v) is 1.92. The molecule has 4 heteroatoms. The zero-order chi connectivity index (χ0) is 11.1. The standard InChI is InChI=1S/C12H8N2O2/c1-16-9-4-2-3-8-10(9)7-5-6-13-12(15)11(7)14-8/h2-6H,1H3. The molecule has 0 atom stereocenters. The summed E-state index contributed by atoms with van der Waals surface area (Å²) in [5.74, 6) is 0.432. The molecule has 0 unspecified atom stereocenters. The van der Waals surface area contributed by atoms with Gasteiger partial charge in [0.25, 0.3) is 5.91 Å². The second-order valence-corrected chi connectivity index (χ2v) is 3.48. The smallest absolute Gasteiger partial charge is 0.296 e. The summed E-state index contributed by atoms with van der Waals surface area (Å²) in [4.78, 5) is 19.5. The lowest BCUT2D eigenvalue weighted by Crippen LogP contribution is -2.14. The molecule has 2 heterocycles. The molecular formula is C12H8N2O2. The highest BCUT2D eigenvalue weighted by Gasteiger charge is 2.29. The Bertz CT molecular complexity index is 583. The number of benzene rings is 1. The summed E-state index contributed by atoms with van der Waals surface area (Å²) < 4.78 is 5.27. The van der Waals surface area contributed by atoms with Crippen LogP contribution in [0.2, 0.25) is 0 Å². The largest absolute Gasteiger partial charge is 0.496 e. The first-order valence-corrected chi connectivity index (χ1v) is 4.86. The molecule has 1 aromatic rings. The first kappa shape index (κ1) is 9.03. The zero-order valence-electron chi connectivity index (χ0n) is 8.60. The molecule has 2 aliphatic heterocycles. The molecule has 1 amide bonds. The van der Waals surface area contributed by atoms with Gasteiger partial charge in [0.2, 0.25) is 0 Å². The summed E-state index contributed by atoms with van der Waals surface area (Å²) in [6.45, 7) is 0. The van der Waals surface area contributed by atoms with E-state index in [4.69, 9.17) is 4.74 Å². The van der Waals surface area contributed by atoms with E-state index in [0.717, 1.165) is 22.6 Å². The minimum atomic E-state index is -0.296. The number of rotatable bonds is 1. The average Bonchev–Trinajstić information content (AvgIpc) is 2.69. The number of carbonyl (C=O) groups excluding carboxylic acids is 1. The molecule has 0 fully saturated rings. The number of ether oxygens (including phenoxy) is 1. The van der Waals surface area contributed by atoms with Gasteiger partial charge in [-0.15, -0.1) is 0 Å². The lowest BCUT2D eigenvalue weighted by Gasteiger charge is -2.08. The maximum absolute atomic E-state index is 11.5. The van der Waals surface area contributed by atoms with Crippen molar-refractivity contribution in [2.75, 3.05) is 7.11 Å². The Morgan fingerprint density at radius 1 is 1.31 bits per heavy atom. The number of fused-ring (bicyclic) bond motifs is 3. The highest BCUT2D eigenvalue weighted by molar-refractivity contribution is 6.60. The van der Waals surface area contributed by atoms with Gasteiger partial charge in [-0.05, 0) is 18.2 Å². The molecule has 0 aliphatic carbocycles. The second-order valence-electron chi connectivity index (χ2n) is 3.48. The summed E-state index contributed by atoms with van der Waals surface area (Å²) in [5.41, 5.74) is 2.84. The van der Waals surface area contributed by atoms with Gasteiger partial charge in [-0.25, -0.2) is 9.98 Å². The number of hydrogen-bond donors (Lipinski definition) is 0. The molecule has 3 rings (SSSR count). The van der Waals surface area contributed by atoms with Crippen LogP contribution in [0.3, 0.4) is 0 Å². The third kappa shape index (κ3) is 1.07. The van der Waals surface area contributed by atoms with E-state index in [9.17, 15) is 4.79 Å². The molecule has 16 heavy (non-hydrogen) atoms. The Kier molecular flexibility index (Phi) is 1.77. The van der Waals surface area contributed by atoms with Gasteiger partial charge in [-0.3, -0.25) is 4.79 Å². The third-order valence-electron chi connectivity index (χ3n) is 2.62. The van der Waals surface area contributed by atoms with E-state index in [1.54, 1.807) is 13.2 Å².